The molecular formula is C19H18N2O3S. The SMILES string of the molecule is O=S(=O)(O)c1cc(-c2ccccc2)nc2ccc(N3CCCC3)cc12. The van der Waals surface area contributed by atoms with Gasteiger partial charge in [-0.1, -0.05) is 30.3 Å². The Balaban J connectivity index is 1.94. The Hall–Kier alpha value is -2.44. The van der Waals surface area contributed by atoms with Gasteiger partial charge in [0, 0.05) is 29.7 Å². The van der Waals surface area contributed by atoms with Gasteiger partial charge in [-0.15, -0.1) is 0 Å². The van der Waals surface area contributed by atoms with Gasteiger partial charge in [0.05, 0.1) is 11.2 Å². The van der Waals surface area contributed by atoms with E-state index in [-0.39, 0.29) is 4.90 Å². The van der Waals surface area contributed by atoms with E-state index in [0.717, 1.165) is 37.2 Å². The quantitative estimate of drug-likeness (QED) is 0.726. The van der Waals surface area contributed by atoms with Crippen molar-refractivity contribution in [2.45, 2.75) is 17.7 Å². The molecule has 0 atom stereocenters. The second-order valence-corrected chi connectivity index (χ2v) is 7.63. The smallest absolute Gasteiger partial charge is 0.295 e. The Morgan fingerprint density at radius 2 is 1.68 bits per heavy atom. The van der Waals surface area contributed by atoms with Crippen molar-refractivity contribution in [1.29, 1.82) is 0 Å². The summed E-state index contributed by atoms with van der Waals surface area (Å²) in [6.07, 6.45) is 2.27. The number of hydrogen-bond acceptors (Lipinski definition) is 4. The molecule has 0 radical (unpaired) electrons. The summed E-state index contributed by atoms with van der Waals surface area (Å²) >= 11 is 0. The molecule has 6 heteroatoms. The van der Waals surface area contributed by atoms with Gasteiger partial charge in [0.2, 0.25) is 0 Å². The molecule has 0 aliphatic carbocycles. The highest BCUT2D eigenvalue weighted by Gasteiger charge is 2.19. The van der Waals surface area contributed by atoms with E-state index in [9.17, 15) is 13.0 Å². The third kappa shape index (κ3) is 3.10. The predicted molar refractivity (Wildman–Crippen MR) is 98.4 cm³/mol. The summed E-state index contributed by atoms with van der Waals surface area (Å²) in [5, 5.41) is 0.451. The van der Waals surface area contributed by atoms with E-state index in [1.165, 1.54) is 6.07 Å². The molecule has 1 aliphatic rings. The monoisotopic (exact) mass is 354 g/mol. The first-order valence-electron chi connectivity index (χ1n) is 8.25. The van der Waals surface area contributed by atoms with Crippen LogP contribution in [0, 0.1) is 0 Å². The molecule has 1 aliphatic heterocycles. The van der Waals surface area contributed by atoms with Crippen LogP contribution in [0.3, 0.4) is 0 Å². The average molecular weight is 354 g/mol. The van der Waals surface area contributed by atoms with E-state index in [1.54, 1.807) is 0 Å². The second-order valence-electron chi connectivity index (χ2n) is 6.24. The van der Waals surface area contributed by atoms with Crippen LogP contribution in [-0.2, 0) is 10.1 Å². The van der Waals surface area contributed by atoms with Crippen molar-refractivity contribution in [1.82, 2.24) is 4.98 Å². The van der Waals surface area contributed by atoms with Crippen molar-refractivity contribution >= 4 is 26.7 Å². The van der Waals surface area contributed by atoms with Crippen molar-refractivity contribution in [3.8, 4) is 11.3 Å². The fourth-order valence-electron chi connectivity index (χ4n) is 3.33. The summed E-state index contributed by atoms with van der Waals surface area (Å²) in [5.74, 6) is 0. The molecule has 0 bridgehead atoms. The minimum atomic E-state index is -4.36. The number of nitrogens with zero attached hydrogens (tertiary/aromatic N) is 2. The standard InChI is InChI=1S/C19H18N2O3S/c22-25(23,24)19-13-18(14-6-2-1-3-7-14)20-17-9-8-15(12-16(17)19)21-10-4-5-11-21/h1-3,6-9,12-13H,4-5,10-11H2,(H,22,23,24). The van der Waals surface area contributed by atoms with Gasteiger partial charge in [-0.3, -0.25) is 4.55 Å². The molecule has 0 amide bonds. The van der Waals surface area contributed by atoms with Gasteiger partial charge in [0.25, 0.3) is 10.1 Å². The zero-order chi connectivity index (χ0) is 17.4. The van der Waals surface area contributed by atoms with E-state index in [0.29, 0.717) is 16.6 Å². The number of aromatic nitrogens is 1. The predicted octanol–water partition coefficient (Wildman–Crippen LogP) is 3.75. The lowest BCUT2D eigenvalue weighted by Crippen LogP contribution is -2.17. The number of rotatable bonds is 3. The van der Waals surface area contributed by atoms with Gasteiger partial charge in [-0.25, -0.2) is 4.98 Å². The molecular weight excluding hydrogens is 336 g/mol. The first-order chi connectivity index (χ1) is 12.0. The lowest BCUT2D eigenvalue weighted by molar-refractivity contribution is 0.484. The highest BCUT2D eigenvalue weighted by atomic mass is 32.2. The van der Waals surface area contributed by atoms with Gasteiger partial charge in [-0.05, 0) is 37.1 Å². The number of benzene rings is 2. The highest BCUT2D eigenvalue weighted by molar-refractivity contribution is 7.86. The van der Waals surface area contributed by atoms with E-state index in [2.05, 4.69) is 9.88 Å². The summed E-state index contributed by atoms with van der Waals surface area (Å²) < 4.78 is 33.7. The van der Waals surface area contributed by atoms with Crippen LogP contribution in [0.15, 0.2) is 59.5 Å². The maximum Gasteiger partial charge on any atom is 0.295 e. The molecule has 2 aromatic carbocycles. The van der Waals surface area contributed by atoms with Crippen molar-refractivity contribution in [2.24, 2.45) is 0 Å². The second kappa shape index (κ2) is 6.13. The van der Waals surface area contributed by atoms with Gasteiger partial charge < -0.3 is 4.90 Å². The van der Waals surface area contributed by atoms with Crippen molar-refractivity contribution < 1.29 is 13.0 Å². The van der Waals surface area contributed by atoms with Gasteiger partial charge in [0.15, 0.2) is 0 Å². The molecule has 0 unspecified atom stereocenters. The summed E-state index contributed by atoms with van der Waals surface area (Å²) in [6, 6.07) is 16.4. The van der Waals surface area contributed by atoms with Crippen LogP contribution in [-0.4, -0.2) is 31.0 Å². The highest BCUT2D eigenvalue weighted by Crippen LogP contribution is 2.31. The summed E-state index contributed by atoms with van der Waals surface area (Å²) in [5.41, 5.74) is 2.84. The van der Waals surface area contributed by atoms with Crippen molar-refractivity contribution in [3.63, 3.8) is 0 Å². The topological polar surface area (TPSA) is 70.5 Å². The largest absolute Gasteiger partial charge is 0.372 e. The van der Waals surface area contributed by atoms with Crippen LogP contribution in [0.2, 0.25) is 0 Å². The van der Waals surface area contributed by atoms with E-state index >= 15 is 0 Å². The van der Waals surface area contributed by atoms with E-state index in [4.69, 9.17) is 0 Å². The summed E-state index contributed by atoms with van der Waals surface area (Å²) in [7, 11) is -4.36. The van der Waals surface area contributed by atoms with Crippen LogP contribution >= 0.6 is 0 Å². The molecule has 0 spiro atoms. The first kappa shape index (κ1) is 16.1. The number of hydrogen-bond donors (Lipinski definition) is 1. The van der Waals surface area contributed by atoms with Gasteiger partial charge >= 0.3 is 0 Å². The Kier molecular flexibility index (Phi) is 3.94. The van der Waals surface area contributed by atoms with Crippen molar-refractivity contribution in [2.75, 3.05) is 18.0 Å². The normalized spacial score (nSPS) is 15.0. The van der Waals surface area contributed by atoms with Gasteiger partial charge in [-0.2, -0.15) is 8.42 Å². The number of pyridine rings is 1. The number of fused-ring (bicyclic) bond motifs is 1. The van der Waals surface area contributed by atoms with E-state index in [1.807, 2.05) is 48.5 Å². The fraction of sp³-hybridized carbons (Fsp3) is 0.211. The third-order valence-corrected chi connectivity index (χ3v) is 5.47. The molecule has 128 valence electrons. The molecule has 3 aromatic rings. The molecule has 25 heavy (non-hydrogen) atoms. The van der Waals surface area contributed by atoms with Crippen LogP contribution in [0.4, 0.5) is 5.69 Å². The maximum absolute atomic E-state index is 12.0. The summed E-state index contributed by atoms with van der Waals surface area (Å²) in [6.45, 7) is 1.92. The molecule has 2 heterocycles. The minimum Gasteiger partial charge on any atom is -0.372 e. The third-order valence-electron chi connectivity index (χ3n) is 4.57. The Morgan fingerprint density at radius 1 is 0.960 bits per heavy atom. The minimum absolute atomic E-state index is 0.0996. The Morgan fingerprint density at radius 3 is 2.36 bits per heavy atom. The summed E-state index contributed by atoms with van der Waals surface area (Å²) in [4.78, 5) is 6.71. The molecule has 1 fully saturated rings. The zero-order valence-electron chi connectivity index (χ0n) is 13.6. The fourth-order valence-corrected chi connectivity index (χ4v) is 4.03. The maximum atomic E-state index is 12.0. The van der Waals surface area contributed by atoms with Crippen LogP contribution in [0.5, 0.6) is 0 Å². The molecule has 1 saturated heterocycles. The average Bonchev–Trinajstić information content (AvgIpc) is 3.15. The molecule has 1 N–H and O–H groups in total. The molecule has 4 rings (SSSR count). The van der Waals surface area contributed by atoms with Crippen LogP contribution in [0.25, 0.3) is 22.2 Å². The number of anilines is 1. The van der Waals surface area contributed by atoms with Gasteiger partial charge in [0.1, 0.15) is 4.90 Å². The molecule has 1 aromatic heterocycles. The first-order valence-corrected chi connectivity index (χ1v) is 9.69. The van der Waals surface area contributed by atoms with Crippen molar-refractivity contribution in [3.05, 3.63) is 54.6 Å². The molecule has 0 saturated carbocycles. The Labute approximate surface area is 146 Å². The lowest BCUT2D eigenvalue weighted by atomic mass is 10.1. The van der Waals surface area contributed by atoms with Crippen LogP contribution in [0.1, 0.15) is 12.8 Å². The Bertz CT molecular complexity index is 1030. The zero-order valence-corrected chi connectivity index (χ0v) is 14.4. The molecule has 5 nitrogen and oxygen atoms in total. The van der Waals surface area contributed by atoms with Crippen LogP contribution < -0.4 is 4.90 Å². The van der Waals surface area contributed by atoms with E-state index < -0.39 is 10.1 Å². The lowest BCUT2D eigenvalue weighted by Gasteiger charge is -2.18.